The number of hydrogen-bond donors (Lipinski definition) is 4. The van der Waals surface area contributed by atoms with Gasteiger partial charge in [0.05, 0.1) is 11.1 Å². The quantitative estimate of drug-likeness (QED) is 0.525. The minimum Gasteiger partial charge on any atom is -0.478 e. The molecular formula is C24H32FN5O3. The lowest BCUT2D eigenvalue weighted by atomic mass is 9.89. The smallest absolute Gasteiger partial charge is 0.337 e. The summed E-state index contributed by atoms with van der Waals surface area (Å²) < 4.78 is 13.7. The predicted molar refractivity (Wildman–Crippen MR) is 126 cm³/mol. The second kappa shape index (κ2) is 9.86. The number of amides is 1. The molecule has 5 N–H and O–H groups in total. The van der Waals surface area contributed by atoms with Gasteiger partial charge < -0.3 is 21.1 Å². The number of halogens is 1. The van der Waals surface area contributed by atoms with Crippen molar-refractivity contribution in [1.82, 2.24) is 14.8 Å². The molecule has 178 valence electrons. The van der Waals surface area contributed by atoms with Crippen LogP contribution in [0, 0.1) is 5.82 Å². The molecule has 0 aliphatic carbocycles. The number of nitrogens with two attached hydrogens (primary N) is 1. The standard InChI is InChI=1S/C19H27FN4O.C5H5NO2/c1-12(9-21)24-10-13(2)23(4)19(3,11-24)8-16-15-7-14(20)5-6-17(15)22-18(16)25;7-5(8)4-1-2-6-3-4/h5-8,12-13H,9-11,21H2,1-4H3,(H,22,25);1-3,6H,(H,7,8)/b16-8-;. The lowest BCUT2D eigenvalue weighted by Crippen LogP contribution is -2.64. The number of aromatic carboxylic acids is 1. The van der Waals surface area contributed by atoms with Gasteiger partial charge in [0.25, 0.3) is 5.91 Å². The molecule has 2 aliphatic heterocycles. The first-order valence-electron chi connectivity index (χ1n) is 10.9. The average Bonchev–Trinajstić information content (AvgIpc) is 3.41. The second-order valence-corrected chi connectivity index (χ2v) is 8.94. The molecule has 4 rings (SSSR count). The molecule has 1 amide bonds. The number of H-pyrrole nitrogens is 1. The first kappa shape index (κ1) is 24.6. The Morgan fingerprint density at radius 3 is 2.73 bits per heavy atom. The van der Waals surface area contributed by atoms with Gasteiger partial charge in [0.2, 0.25) is 0 Å². The van der Waals surface area contributed by atoms with E-state index in [1.54, 1.807) is 12.3 Å². The van der Waals surface area contributed by atoms with E-state index in [4.69, 9.17) is 10.8 Å². The van der Waals surface area contributed by atoms with Crippen LogP contribution in [-0.2, 0) is 4.79 Å². The average molecular weight is 458 g/mol. The summed E-state index contributed by atoms with van der Waals surface area (Å²) >= 11 is 0. The molecule has 8 nitrogen and oxygen atoms in total. The number of nitrogens with zero attached hydrogens (tertiary/aromatic N) is 2. The summed E-state index contributed by atoms with van der Waals surface area (Å²) in [7, 11) is 2.07. The lowest BCUT2D eigenvalue weighted by Gasteiger charge is -2.51. The number of carboxylic acid groups (broad SMARTS) is 1. The number of carboxylic acids is 1. The highest BCUT2D eigenvalue weighted by molar-refractivity contribution is 6.31. The maximum Gasteiger partial charge on any atom is 0.337 e. The Labute approximate surface area is 193 Å². The number of likely N-dealkylation sites (N-methyl/N-ethyl adjacent to an activating group) is 1. The Balaban J connectivity index is 0.000000323. The fraction of sp³-hybridized carbons (Fsp3) is 0.417. The van der Waals surface area contributed by atoms with Crippen LogP contribution in [0.2, 0.25) is 0 Å². The summed E-state index contributed by atoms with van der Waals surface area (Å²) in [6.07, 6.45) is 4.99. The molecule has 0 bridgehead atoms. The number of anilines is 1. The van der Waals surface area contributed by atoms with Crippen LogP contribution in [0.5, 0.6) is 0 Å². The van der Waals surface area contributed by atoms with Crippen LogP contribution < -0.4 is 11.1 Å². The van der Waals surface area contributed by atoms with Crippen molar-refractivity contribution in [3.8, 4) is 0 Å². The molecule has 1 aromatic carbocycles. The van der Waals surface area contributed by atoms with Gasteiger partial charge in [0, 0.05) is 60.9 Å². The molecule has 3 heterocycles. The summed E-state index contributed by atoms with van der Waals surface area (Å²) in [5.74, 6) is -1.41. The van der Waals surface area contributed by atoms with E-state index in [1.165, 1.54) is 24.4 Å². The summed E-state index contributed by atoms with van der Waals surface area (Å²) in [6, 6.07) is 6.50. The van der Waals surface area contributed by atoms with Gasteiger partial charge in [-0.05, 0) is 58.2 Å². The highest BCUT2D eigenvalue weighted by Crippen LogP contribution is 2.36. The van der Waals surface area contributed by atoms with E-state index in [0.717, 1.165) is 13.1 Å². The highest BCUT2D eigenvalue weighted by atomic mass is 19.1. The van der Waals surface area contributed by atoms with Crippen molar-refractivity contribution in [1.29, 1.82) is 0 Å². The Bertz CT molecular complexity index is 1040. The zero-order valence-electron chi connectivity index (χ0n) is 19.4. The molecule has 33 heavy (non-hydrogen) atoms. The first-order chi connectivity index (χ1) is 15.6. The van der Waals surface area contributed by atoms with Crippen molar-refractivity contribution in [2.24, 2.45) is 5.73 Å². The van der Waals surface area contributed by atoms with Crippen molar-refractivity contribution < 1.29 is 19.1 Å². The summed E-state index contributed by atoms with van der Waals surface area (Å²) in [5.41, 5.74) is 7.65. The number of aromatic amines is 1. The van der Waals surface area contributed by atoms with Crippen molar-refractivity contribution in [3.05, 3.63) is 59.7 Å². The Morgan fingerprint density at radius 1 is 1.42 bits per heavy atom. The predicted octanol–water partition coefficient (Wildman–Crippen LogP) is 2.62. The van der Waals surface area contributed by atoms with Gasteiger partial charge in [0.1, 0.15) is 5.82 Å². The highest BCUT2D eigenvalue weighted by Gasteiger charge is 2.40. The van der Waals surface area contributed by atoms with E-state index in [-0.39, 0.29) is 23.3 Å². The maximum absolute atomic E-state index is 13.7. The van der Waals surface area contributed by atoms with Gasteiger partial charge in [-0.15, -0.1) is 0 Å². The van der Waals surface area contributed by atoms with E-state index in [2.05, 4.69) is 47.9 Å². The van der Waals surface area contributed by atoms with Crippen LogP contribution >= 0.6 is 0 Å². The van der Waals surface area contributed by atoms with Gasteiger partial charge in [-0.1, -0.05) is 0 Å². The number of fused-ring (bicyclic) bond motifs is 1. The van der Waals surface area contributed by atoms with Crippen LogP contribution in [0.15, 0.2) is 42.7 Å². The van der Waals surface area contributed by atoms with Crippen LogP contribution in [0.3, 0.4) is 0 Å². The Morgan fingerprint density at radius 2 is 2.15 bits per heavy atom. The van der Waals surface area contributed by atoms with Crippen LogP contribution in [-0.4, -0.2) is 76.1 Å². The molecule has 2 aliphatic rings. The zero-order chi connectivity index (χ0) is 24.3. The van der Waals surface area contributed by atoms with E-state index >= 15 is 0 Å². The second-order valence-electron chi connectivity index (χ2n) is 8.94. The van der Waals surface area contributed by atoms with E-state index in [1.807, 2.05) is 6.08 Å². The fourth-order valence-corrected chi connectivity index (χ4v) is 4.26. The van der Waals surface area contributed by atoms with Crippen LogP contribution in [0.1, 0.15) is 36.7 Å². The number of hydrogen-bond acceptors (Lipinski definition) is 5. The zero-order valence-corrected chi connectivity index (χ0v) is 19.4. The molecule has 1 saturated heterocycles. The topological polar surface area (TPSA) is 115 Å². The van der Waals surface area contributed by atoms with Crippen molar-refractivity contribution in [2.45, 2.75) is 38.4 Å². The molecule has 0 radical (unpaired) electrons. The van der Waals surface area contributed by atoms with E-state index in [0.29, 0.717) is 35.0 Å². The lowest BCUT2D eigenvalue weighted by molar-refractivity contribution is -0.110. The summed E-state index contributed by atoms with van der Waals surface area (Å²) in [6.45, 7) is 8.72. The third kappa shape index (κ3) is 5.32. The number of carbonyl (C=O) groups is 2. The molecule has 0 spiro atoms. The van der Waals surface area contributed by atoms with Gasteiger partial charge in [-0.2, -0.15) is 0 Å². The van der Waals surface area contributed by atoms with Crippen molar-refractivity contribution >= 4 is 23.1 Å². The summed E-state index contributed by atoms with van der Waals surface area (Å²) in [4.78, 5) is 29.8. The van der Waals surface area contributed by atoms with Gasteiger partial charge >= 0.3 is 5.97 Å². The minimum absolute atomic E-state index is 0.174. The number of aromatic nitrogens is 1. The fourth-order valence-electron chi connectivity index (χ4n) is 4.26. The van der Waals surface area contributed by atoms with Gasteiger partial charge in [0.15, 0.2) is 0 Å². The number of carbonyl (C=O) groups excluding carboxylic acids is 1. The van der Waals surface area contributed by atoms with Gasteiger partial charge in [-0.25, -0.2) is 9.18 Å². The van der Waals surface area contributed by atoms with E-state index in [9.17, 15) is 14.0 Å². The number of benzene rings is 1. The van der Waals surface area contributed by atoms with Gasteiger partial charge in [-0.3, -0.25) is 14.6 Å². The maximum atomic E-state index is 13.7. The molecule has 3 atom stereocenters. The largest absolute Gasteiger partial charge is 0.478 e. The van der Waals surface area contributed by atoms with Crippen LogP contribution in [0.4, 0.5) is 10.1 Å². The molecule has 3 unspecified atom stereocenters. The van der Waals surface area contributed by atoms with E-state index < -0.39 is 5.97 Å². The first-order valence-corrected chi connectivity index (χ1v) is 10.9. The molecule has 2 aromatic rings. The molecule has 9 heteroatoms. The Hall–Kier alpha value is -3.01. The third-order valence-electron chi connectivity index (χ3n) is 6.52. The van der Waals surface area contributed by atoms with Crippen molar-refractivity contribution in [2.75, 3.05) is 32.0 Å². The third-order valence-corrected chi connectivity index (χ3v) is 6.52. The SMILES string of the molecule is CC(CN)N1CC(C)N(C)C(C)(/C=C2\C(=O)Nc3ccc(F)cc32)C1.O=C(O)c1cc[nH]c1. The molecule has 1 aromatic heterocycles. The molecule has 1 fully saturated rings. The monoisotopic (exact) mass is 457 g/mol. The van der Waals surface area contributed by atoms with Crippen LogP contribution in [0.25, 0.3) is 5.57 Å². The normalized spacial score (nSPS) is 25.2. The number of rotatable bonds is 4. The molecule has 0 saturated carbocycles. The minimum atomic E-state index is -0.897. The molecular weight excluding hydrogens is 425 g/mol. The summed E-state index contributed by atoms with van der Waals surface area (Å²) in [5, 5.41) is 11.1. The number of piperazine rings is 1. The Kier molecular flexibility index (Phi) is 7.36. The van der Waals surface area contributed by atoms with Crippen molar-refractivity contribution in [3.63, 3.8) is 0 Å². The number of nitrogens with one attached hydrogen (secondary N) is 2.